The molecule has 0 aromatic heterocycles. The van der Waals surface area contributed by atoms with Crippen LogP contribution in [0.15, 0.2) is 23.1 Å². The minimum absolute atomic E-state index is 0.116. The quantitative estimate of drug-likeness (QED) is 0.816. The van der Waals surface area contributed by atoms with Crippen LogP contribution in [0, 0.1) is 0 Å². The Morgan fingerprint density at radius 3 is 2.83 bits per heavy atom. The van der Waals surface area contributed by atoms with Gasteiger partial charge in [-0.05, 0) is 31.0 Å². The fraction of sp³-hybridized carbons (Fsp3) is 0.455. The van der Waals surface area contributed by atoms with Crippen molar-refractivity contribution in [1.29, 1.82) is 0 Å². The Morgan fingerprint density at radius 1 is 1.50 bits per heavy atom. The average molecular weight is 291 g/mol. The lowest BCUT2D eigenvalue weighted by Crippen LogP contribution is -2.37. The lowest BCUT2D eigenvalue weighted by molar-refractivity contribution is 0.213. The number of hydrogen-bond donors (Lipinski definition) is 2. The fourth-order valence-corrected chi connectivity index (χ4v) is 3.96. The molecule has 1 aliphatic heterocycles. The van der Waals surface area contributed by atoms with Crippen LogP contribution in [0.3, 0.4) is 0 Å². The Hall–Kier alpha value is -0.820. The van der Waals surface area contributed by atoms with Crippen LogP contribution in [0.25, 0.3) is 0 Å². The number of sulfonamides is 1. The number of nitrogens with zero attached hydrogens (tertiary/aromatic N) is 1. The van der Waals surface area contributed by atoms with Crippen LogP contribution in [-0.2, 0) is 10.0 Å². The second kappa shape index (κ2) is 5.05. The molecular weight excluding hydrogens is 276 g/mol. The molecule has 0 spiro atoms. The van der Waals surface area contributed by atoms with E-state index in [0.29, 0.717) is 18.0 Å². The molecule has 7 heteroatoms. The minimum Gasteiger partial charge on any atom is -0.397 e. The van der Waals surface area contributed by atoms with Crippen LogP contribution in [0.4, 0.5) is 5.69 Å². The summed E-state index contributed by atoms with van der Waals surface area (Å²) in [5, 5.41) is 9.52. The molecule has 0 unspecified atom stereocenters. The smallest absolute Gasteiger partial charge is 0.243 e. The van der Waals surface area contributed by atoms with Gasteiger partial charge in [0.05, 0.1) is 22.2 Å². The predicted molar refractivity (Wildman–Crippen MR) is 69.9 cm³/mol. The Morgan fingerprint density at radius 2 is 2.22 bits per heavy atom. The Kier molecular flexibility index (Phi) is 3.82. The molecule has 18 heavy (non-hydrogen) atoms. The van der Waals surface area contributed by atoms with Gasteiger partial charge in [-0.25, -0.2) is 8.42 Å². The molecule has 1 fully saturated rings. The standard InChI is InChI=1S/C11H15ClN2O3S/c12-10-4-3-9(6-11(10)13)18(16,17)14-5-1-2-8(14)7-15/h3-4,6,8,15H,1-2,5,7,13H2/t8-/m1/s1. The maximum absolute atomic E-state index is 12.4. The van der Waals surface area contributed by atoms with Gasteiger partial charge in [-0.3, -0.25) is 0 Å². The van der Waals surface area contributed by atoms with Gasteiger partial charge in [-0.15, -0.1) is 0 Å². The van der Waals surface area contributed by atoms with Gasteiger partial charge < -0.3 is 10.8 Å². The first-order chi connectivity index (χ1) is 8.46. The molecule has 100 valence electrons. The van der Waals surface area contributed by atoms with Crippen LogP contribution in [0.5, 0.6) is 0 Å². The van der Waals surface area contributed by atoms with E-state index >= 15 is 0 Å². The van der Waals surface area contributed by atoms with Crippen molar-refractivity contribution in [1.82, 2.24) is 4.31 Å². The molecule has 5 nitrogen and oxygen atoms in total. The highest BCUT2D eigenvalue weighted by molar-refractivity contribution is 7.89. The lowest BCUT2D eigenvalue weighted by atomic mass is 10.2. The maximum atomic E-state index is 12.4. The van der Waals surface area contributed by atoms with Crippen LogP contribution in [0.2, 0.25) is 5.02 Å². The average Bonchev–Trinajstić information content (AvgIpc) is 2.81. The van der Waals surface area contributed by atoms with E-state index in [4.69, 9.17) is 17.3 Å². The number of nitrogen functional groups attached to an aromatic ring is 1. The van der Waals surface area contributed by atoms with Crippen LogP contribution < -0.4 is 5.73 Å². The molecule has 0 amide bonds. The van der Waals surface area contributed by atoms with Gasteiger partial charge in [-0.2, -0.15) is 4.31 Å². The molecular formula is C11H15ClN2O3S. The van der Waals surface area contributed by atoms with E-state index in [2.05, 4.69) is 0 Å². The van der Waals surface area contributed by atoms with Gasteiger partial charge in [-0.1, -0.05) is 11.6 Å². The molecule has 0 radical (unpaired) electrons. The highest BCUT2D eigenvalue weighted by Gasteiger charge is 2.34. The van der Waals surface area contributed by atoms with E-state index in [-0.39, 0.29) is 23.2 Å². The molecule has 1 saturated heterocycles. The summed E-state index contributed by atoms with van der Waals surface area (Å²) in [5.41, 5.74) is 5.85. The minimum atomic E-state index is -3.60. The van der Waals surface area contributed by atoms with Crippen molar-refractivity contribution in [3.63, 3.8) is 0 Å². The van der Waals surface area contributed by atoms with E-state index in [1.807, 2.05) is 0 Å². The Balaban J connectivity index is 2.38. The highest BCUT2D eigenvalue weighted by Crippen LogP contribution is 2.28. The third kappa shape index (κ3) is 2.33. The first-order valence-corrected chi connectivity index (χ1v) is 7.46. The third-order valence-electron chi connectivity index (χ3n) is 3.11. The van der Waals surface area contributed by atoms with Crippen molar-refractivity contribution in [2.75, 3.05) is 18.9 Å². The van der Waals surface area contributed by atoms with E-state index in [0.717, 1.165) is 6.42 Å². The molecule has 0 aliphatic carbocycles. The summed E-state index contributed by atoms with van der Waals surface area (Å²) in [5.74, 6) is 0. The molecule has 2 rings (SSSR count). The number of aliphatic hydroxyl groups is 1. The number of hydrogen-bond acceptors (Lipinski definition) is 4. The summed E-state index contributed by atoms with van der Waals surface area (Å²) in [6.45, 7) is 0.262. The van der Waals surface area contributed by atoms with E-state index < -0.39 is 10.0 Å². The topological polar surface area (TPSA) is 83.6 Å². The molecule has 1 aliphatic rings. The second-order valence-electron chi connectivity index (χ2n) is 4.28. The summed E-state index contributed by atoms with van der Waals surface area (Å²) in [7, 11) is -3.60. The largest absolute Gasteiger partial charge is 0.397 e. The number of benzene rings is 1. The molecule has 0 bridgehead atoms. The number of halogens is 1. The first-order valence-electron chi connectivity index (χ1n) is 5.64. The van der Waals surface area contributed by atoms with Gasteiger partial charge in [0, 0.05) is 12.6 Å². The van der Waals surface area contributed by atoms with Crippen LogP contribution in [-0.4, -0.2) is 37.0 Å². The van der Waals surface area contributed by atoms with Gasteiger partial charge in [0.1, 0.15) is 0 Å². The molecule has 1 heterocycles. The fourth-order valence-electron chi connectivity index (χ4n) is 2.13. The zero-order chi connectivity index (χ0) is 13.3. The first kappa shape index (κ1) is 13.6. The zero-order valence-corrected chi connectivity index (χ0v) is 11.3. The number of aliphatic hydroxyl groups excluding tert-OH is 1. The van der Waals surface area contributed by atoms with Crippen LogP contribution in [0.1, 0.15) is 12.8 Å². The summed E-state index contributed by atoms with van der Waals surface area (Å²) in [6, 6.07) is 3.91. The summed E-state index contributed by atoms with van der Waals surface area (Å²) in [4.78, 5) is 0.116. The lowest BCUT2D eigenvalue weighted by Gasteiger charge is -2.22. The van der Waals surface area contributed by atoms with Crippen molar-refractivity contribution < 1.29 is 13.5 Å². The molecule has 1 aromatic carbocycles. The van der Waals surface area contributed by atoms with E-state index in [1.165, 1.54) is 22.5 Å². The monoisotopic (exact) mass is 290 g/mol. The molecule has 3 N–H and O–H groups in total. The maximum Gasteiger partial charge on any atom is 0.243 e. The van der Waals surface area contributed by atoms with Gasteiger partial charge in [0.2, 0.25) is 10.0 Å². The summed E-state index contributed by atoms with van der Waals surface area (Å²) in [6.07, 6.45) is 1.44. The molecule has 0 saturated carbocycles. The van der Waals surface area contributed by atoms with Gasteiger partial charge >= 0.3 is 0 Å². The zero-order valence-electron chi connectivity index (χ0n) is 9.71. The Labute approximate surface area is 111 Å². The third-order valence-corrected chi connectivity index (χ3v) is 5.40. The van der Waals surface area contributed by atoms with E-state index in [1.54, 1.807) is 0 Å². The van der Waals surface area contributed by atoms with Crippen LogP contribution >= 0.6 is 11.6 Å². The second-order valence-corrected chi connectivity index (χ2v) is 6.58. The number of nitrogens with two attached hydrogens (primary N) is 1. The SMILES string of the molecule is Nc1cc(S(=O)(=O)N2CCC[C@@H]2CO)ccc1Cl. The van der Waals surface area contributed by atoms with Crippen molar-refractivity contribution in [3.05, 3.63) is 23.2 Å². The Bertz CT molecular complexity index is 547. The van der Waals surface area contributed by atoms with Gasteiger partial charge in [0.15, 0.2) is 0 Å². The summed E-state index contributed by atoms with van der Waals surface area (Å²) < 4.78 is 26.1. The van der Waals surface area contributed by atoms with Crippen molar-refractivity contribution in [2.24, 2.45) is 0 Å². The highest BCUT2D eigenvalue weighted by atomic mass is 35.5. The molecule has 1 aromatic rings. The molecule has 1 atom stereocenters. The van der Waals surface area contributed by atoms with Crippen molar-refractivity contribution >= 4 is 27.3 Å². The predicted octanol–water partition coefficient (Wildman–Crippen LogP) is 1.07. The van der Waals surface area contributed by atoms with Crippen molar-refractivity contribution in [2.45, 2.75) is 23.8 Å². The van der Waals surface area contributed by atoms with Gasteiger partial charge in [0.25, 0.3) is 0 Å². The van der Waals surface area contributed by atoms with Crippen molar-refractivity contribution in [3.8, 4) is 0 Å². The van der Waals surface area contributed by atoms with E-state index in [9.17, 15) is 13.5 Å². The summed E-state index contributed by atoms with van der Waals surface area (Å²) >= 11 is 5.77. The normalized spacial score (nSPS) is 21.3. The number of rotatable bonds is 3. The number of anilines is 1.